The van der Waals surface area contributed by atoms with Gasteiger partial charge in [0.25, 0.3) is 5.56 Å². The van der Waals surface area contributed by atoms with Crippen LogP contribution in [-0.4, -0.2) is 31.3 Å². The van der Waals surface area contributed by atoms with E-state index in [-0.39, 0.29) is 19.1 Å². The highest BCUT2D eigenvalue weighted by atomic mass is 32.1. The normalized spacial score (nSPS) is 11.2. The lowest BCUT2D eigenvalue weighted by molar-refractivity contribution is 0.0495. The second kappa shape index (κ2) is 6.91. The second-order valence-electron chi connectivity index (χ2n) is 6.14. The largest absolute Gasteiger partial charge is 0.462 e. The lowest BCUT2D eigenvalue weighted by Crippen LogP contribution is -2.39. The maximum Gasteiger partial charge on any atom is 0.339 e. The van der Waals surface area contributed by atoms with Gasteiger partial charge >= 0.3 is 11.7 Å². The molecule has 0 saturated heterocycles. The Morgan fingerprint density at radius 1 is 1.27 bits per heavy atom. The molecule has 3 rings (SSSR count). The van der Waals surface area contributed by atoms with E-state index in [2.05, 4.69) is 4.98 Å². The van der Waals surface area contributed by atoms with Gasteiger partial charge in [0.1, 0.15) is 0 Å². The van der Waals surface area contributed by atoms with Crippen molar-refractivity contribution in [1.82, 2.24) is 18.7 Å². The van der Waals surface area contributed by atoms with E-state index in [1.165, 1.54) is 10.9 Å². The molecule has 3 aromatic rings. The van der Waals surface area contributed by atoms with E-state index in [4.69, 9.17) is 4.74 Å². The molecule has 0 N–H and O–H groups in total. The first-order chi connectivity index (χ1) is 12.3. The summed E-state index contributed by atoms with van der Waals surface area (Å²) in [5.74, 6) is -0.380. The molecule has 0 aliphatic rings. The number of ether oxygens (including phenoxy) is 1. The van der Waals surface area contributed by atoms with Crippen molar-refractivity contribution in [2.75, 3.05) is 6.61 Å². The van der Waals surface area contributed by atoms with Crippen LogP contribution in [0.25, 0.3) is 11.2 Å². The minimum Gasteiger partial charge on any atom is -0.462 e. The van der Waals surface area contributed by atoms with E-state index in [9.17, 15) is 14.4 Å². The molecule has 0 fully saturated rings. The van der Waals surface area contributed by atoms with Crippen molar-refractivity contribution >= 4 is 28.5 Å². The molecule has 0 aliphatic heterocycles. The zero-order valence-electron chi connectivity index (χ0n) is 15.1. The van der Waals surface area contributed by atoms with Crippen molar-refractivity contribution in [1.29, 1.82) is 0 Å². The van der Waals surface area contributed by atoms with E-state index in [0.29, 0.717) is 23.1 Å². The quantitative estimate of drug-likeness (QED) is 0.496. The van der Waals surface area contributed by atoms with E-state index in [0.717, 1.165) is 14.3 Å². The fraction of sp³-hybridized carbons (Fsp3) is 0.412. The average molecular weight is 376 g/mol. The molecule has 0 saturated carbocycles. The van der Waals surface area contributed by atoms with Crippen molar-refractivity contribution in [3.63, 3.8) is 0 Å². The fourth-order valence-corrected chi connectivity index (χ4v) is 3.80. The Balaban J connectivity index is 1.72. The van der Waals surface area contributed by atoms with Gasteiger partial charge in [0, 0.05) is 30.4 Å². The van der Waals surface area contributed by atoms with Crippen LogP contribution in [0.5, 0.6) is 0 Å². The molecular formula is C17H20N4O4S. The lowest BCUT2D eigenvalue weighted by Gasteiger charge is -2.09. The number of nitrogens with zero attached hydrogens (tertiary/aromatic N) is 4. The summed E-state index contributed by atoms with van der Waals surface area (Å²) in [4.78, 5) is 43.1. The summed E-state index contributed by atoms with van der Waals surface area (Å²) in [5.41, 5.74) is 0.467. The number of hydrogen-bond donors (Lipinski definition) is 0. The Bertz CT molecular complexity index is 1100. The molecule has 3 heterocycles. The third-order valence-corrected chi connectivity index (χ3v) is 5.19. The van der Waals surface area contributed by atoms with Crippen molar-refractivity contribution < 1.29 is 9.53 Å². The third-order valence-electron chi connectivity index (χ3n) is 4.22. The van der Waals surface area contributed by atoms with Crippen molar-refractivity contribution in [2.24, 2.45) is 14.1 Å². The van der Waals surface area contributed by atoms with Gasteiger partial charge in [-0.15, -0.1) is 11.3 Å². The Kier molecular flexibility index (Phi) is 4.82. The van der Waals surface area contributed by atoms with E-state index >= 15 is 0 Å². The summed E-state index contributed by atoms with van der Waals surface area (Å²) < 4.78 is 9.37. The first-order valence-corrected chi connectivity index (χ1v) is 8.98. The number of carbonyl (C=O) groups excluding carboxylic acids is 1. The molecule has 0 spiro atoms. The number of imidazole rings is 1. The molecule has 0 amide bonds. The predicted molar refractivity (Wildman–Crippen MR) is 98.9 cm³/mol. The van der Waals surface area contributed by atoms with Gasteiger partial charge in [-0.2, -0.15) is 0 Å². The molecule has 9 heteroatoms. The average Bonchev–Trinajstić information content (AvgIpc) is 3.14. The Morgan fingerprint density at radius 2 is 2.00 bits per heavy atom. The molecule has 3 aromatic heterocycles. The Morgan fingerprint density at radius 3 is 2.65 bits per heavy atom. The zero-order valence-corrected chi connectivity index (χ0v) is 15.9. The minimum atomic E-state index is -0.433. The molecule has 138 valence electrons. The van der Waals surface area contributed by atoms with E-state index < -0.39 is 11.2 Å². The summed E-state index contributed by atoms with van der Waals surface area (Å²) >= 11 is 1.54. The van der Waals surface area contributed by atoms with Gasteiger partial charge in [0.05, 0.1) is 18.5 Å². The predicted octanol–water partition coefficient (Wildman–Crippen LogP) is 1.36. The molecular weight excluding hydrogens is 356 g/mol. The van der Waals surface area contributed by atoms with Gasteiger partial charge < -0.3 is 9.30 Å². The first-order valence-electron chi connectivity index (χ1n) is 8.16. The van der Waals surface area contributed by atoms with E-state index in [1.54, 1.807) is 36.1 Å². The number of carbonyl (C=O) groups is 1. The van der Waals surface area contributed by atoms with E-state index in [1.807, 2.05) is 13.8 Å². The SMILES string of the molecule is Cc1cc(C(=O)OCCCn2c(=O)c3c(ncn3C)n(C)c2=O)c(C)s1. The van der Waals surface area contributed by atoms with Crippen LogP contribution < -0.4 is 11.2 Å². The maximum absolute atomic E-state index is 12.6. The molecule has 8 nitrogen and oxygen atoms in total. The summed E-state index contributed by atoms with van der Waals surface area (Å²) in [5, 5.41) is 0. The summed E-state index contributed by atoms with van der Waals surface area (Å²) in [6, 6.07) is 1.80. The van der Waals surface area contributed by atoms with Crippen molar-refractivity contribution in [3.05, 3.63) is 48.5 Å². The summed E-state index contributed by atoms with van der Waals surface area (Å²) in [6.45, 7) is 4.11. The van der Waals surface area contributed by atoms with Crippen LogP contribution in [0.15, 0.2) is 22.0 Å². The highest BCUT2D eigenvalue weighted by Crippen LogP contribution is 2.21. The van der Waals surface area contributed by atoms with Gasteiger partial charge in [-0.05, 0) is 26.3 Å². The number of aryl methyl sites for hydroxylation is 4. The summed E-state index contributed by atoms with van der Waals surface area (Å²) in [6.07, 6.45) is 1.87. The monoisotopic (exact) mass is 376 g/mol. The van der Waals surface area contributed by atoms with Crippen molar-refractivity contribution in [2.45, 2.75) is 26.8 Å². The molecule has 0 aromatic carbocycles. The maximum atomic E-state index is 12.6. The van der Waals surface area contributed by atoms with Gasteiger partial charge in [0.2, 0.25) is 0 Å². The number of fused-ring (bicyclic) bond motifs is 1. The minimum absolute atomic E-state index is 0.131. The highest BCUT2D eigenvalue weighted by molar-refractivity contribution is 7.12. The third kappa shape index (κ3) is 3.10. The first kappa shape index (κ1) is 18.1. The fourth-order valence-electron chi connectivity index (χ4n) is 2.89. The van der Waals surface area contributed by atoms with Crippen LogP contribution in [0.4, 0.5) is 0 Å². The van der Waals surface area contributed by atoms with Crippen LogP contribution in [0.1, 0.15) is 26.5 Å². The standard InChI is InChI=1S/C17H20N4O4S/c1-10-8-12(11(2)26-10)16(23)25-7-5-6-21-15(22)13-14(18-9-19(13)3)20(4)17(21)24/h8-9H,5-7H2,1-4H3. The Hall–Kier alpha value is -2.68. The molecule has 0 radical (unpaired) electrons. The topological polar surface area (TPSA) is 88.1 Å². The second-order valence-corrected chi connectivity index (χ2v) is 7.60. The molecule has 26 heavy (non-hydrogen) atoms. The van der Waals surface area contributed by atoms with Crippen LogP contribution in [0, 0.1) is 13.8 Å². The number of rotatable bonds is 5. The zero-order chi connectivity index (χ0) is 19.0. The Labute approximate surface area is 153 Å². The van der Waals surface area contributed by atoms with Crippen LogP contribution >= 0.6 is 11.3 Å². The molecule has 0 aliphatic carbocycles. The van der Waals surface area contributed by atoms with Crippen LogP contribution in [-0.2, 0) is 25.4 Å². The number of esters is 1. The van der Waals surface area contributed by atoms with Gasteiger partial charge in [0.15, 0.2) is 11.2 Å². The highest BCUT2D eigenvalue weighted by Gasteiger charge is 2.16. The van der Waals surface area contributed by atoms with Crippen LogP contribution in [0.2, 0.25) is 0 Å². The molecule has 0 bridgehead atoms. The van der Waals surface area contributed by atoms with Gasteiger partial charge in [-0.25, -0.2) is 14.6 Å². The van der Waals surface area contributed by atoms with Crippen LogP contribution in [0.3, 0.4) is 0 Å². The molecule has 0 unspecified atom stereocenters. The lowest BCUT2D eigenvalue weighted by atomic mass is 10.2. The van der Waals surface area contributed by atoms with Gasteiger partial charge in [-0.1, -0.05) is 0 Å². The number of aromatic nitrogens is 4. The number of thiophene rings is 1. The van der Waals surface area contributed by atoms with Gasteiger partial charge in [-0.3, -0.25) is 13.9 Å². The number of hydrogen-bond acceptors (Lipinski definition) is 6. The summed E-state index contributed by atoms with van der Waals surface area (Å²) in [7, 11) is 3.29. The van der Waals surface area contributed by atoms with Crippen molar-refractivity contribution in [3.8, 4) is 0 Å². The molecule has 0 atom stereocenters. The smallest absolute Gasteiger partial charge is 0.339 e.